The molecule has 1 saturated heterocycles. The molecule has 1 aromatic carbocycles. The van der Waals surface area contributed by atoms with Crippen LogP contribution in [-0.4, -0.2) is 47.1 Å². The van der Waals surface area contributed by atoms with Crippen molar-refractivity contribution in [2.75, 3.05) is 36.4 Å². The molecule has 0 radical (unpaired) electrons. The lowest BCUT2D eigenvalue weighted by molar-refractivity contribution is 0.208. The van der Waals surface area contributed by atoms with Gasteiger partial charge in [0.05, 0.1) is 5.39 Å². The molecule has 1 aliphatic heterocycles. The third-order valence-corrected chi connectivity index (χ3v) is 8.11. The summed E-state index contributed by atoms with van der Waals surface area (Å²) in [6.07, 6.45) is 7.29. The monoisotopic (exact) mass is 447 g/mol. The van der Waals surface area contributed by atoms with Crippen molar-refractivity contribution in [2.45, 2.75) is 51.4 Å². The van der Waals surface area contributed by atoms with Crippen molar-refractivity contribution in [3.05, 3.63) is 46.1 Å². The van der Waals surface area contributed by atoms with Crippen LogP contribution in [0.3, 0.4) is 0 Å². The van der Waals surface area contributed by atoms with Gasteiger partial charge in [-0.25, -0.2) is 14.8 Å². The summed E-state index contributed by atoms with van der Waals surface area (Å²) in [5.41, 5.74) is 3.53. The number of rotatable bonds is 3. The fraction of sp³-hybridized carbons (Fsp3) is 0.480. The van der Waals surface area contributed by atoms with Crippen LogP contribution in [0.5, 0.6) is 0 Å². The van der Waals surface area contributed by atoms with Crippen LogP contribution in [0.4, 0.5) is 16.3 Å². The highest BCUT2D eigenvalue weighted by Crippen LogP contribution is 2.44. The zero-order valence-electron chi connectivity index (χ0n) is 18.6. The van der Waals surface area contributed by atoms with Crippen molar-refractivity contribution in [2.24, 2.45) is 0 Å². The molecule has 2 amide bonds. The number of benzene rings is 1. The first-order chi connectivity index (χ1) is 15.7. The number of carbonyl (C=O) groups excluding carboxylic acids is 1. The second-order valence-corrected chi connectivity index (χ2v) is 10.4. The SMILES string of the molecule is Cc1ccc(NC(=O)N2CCN(c3nc(C4CC4)nc4sc5c(c34)CCCC5)CC2)cc1. The molecule has 2 aromatic heterocycles. The largest absolute Gasteiger partial charge is 0.352 e. The summed E-state index contributed by atoms with van der Waals surface area (Å²) in [6.45, 7) is 5.07. The van der Waals surface area contributed by atoms with Gasteiger partial charge >= 0.3 is 6.03 Å². The van der Waals surface area contributed by atoms with Gasteiger partial charge in [0.2, 0.25) is 0 Å². The molecule has 2 aliphatic carbocycles. The lowest BCUT2D eigenvalue weighted by Gasteiger charge is -2.36. The number of hydrogen-bond donors (Lipinski definition) is 1. The summed E-state index contributed by atoms with van der Waals surface area (Å²) in [6, 6.07) is 7.94. The predicted octanol–water partition coefficient (Wildman–Crippen LogP) is 5.11. The van der Waals surface area contributed by atoms with E-state index in [1.807, 2.05) is 47.4 Å². The molecule has 0 atom stereocenters. The van der Waals surface area contributed by atoms with E-state index in [0.29, 0.717) is 19.0 Å². The second kappa shape index (κ2) is 8.03. The van der Waals surface area contributed by atoms with Crippen molar-refractivity contribution in [1.82, 2.24) is 14.9 Å². The maximum absolute atomic E-state index is 12.8. The lowest BCUT2D eigenvalue weighted by Crippen LogP contribution is -2.50. The molecule has 1 N–H and O–H groups in total. The zero-order valence-corrected chi connectivity index (χ0v) is 19.4. The smallest absolute Gasteiger partial charge is 0.321 e. The summed E-state index contributed by atoms with van der Waals surface area (Å²) in [7, 11) is 0. The highest BCUT2D eigenvalue weighted by Gasteiger charge is 2.32. The van der Waals surface area contributed by atoms with Gasteiger partial charge in [-0.15, -0.1) is 11.3 Å². The van der Waals surface area contributed by atoms with Crippen LogP contribution < -0.4 is 10.2 Å². The van der Waals surface area contributed by atoms with Gasteiger partial charge in [-0.3, -0.25) is 0 Å². The highest BCUT2D eigenvalue weighted by molar-refractivity contribution is 7.19. The van der Waals surface area contributed by atoms with Gasteiger partial charge in [-0.1, -0.05) is 17.7 Å². The van der Waals surface area contributed by atoms with Crippen LogP contribution in [0.1, 0.15) is 53.4 Å². The highest BCUT2D eigenvalue weighted by atomic mass is 32.1. The van der Waals surface area contributed by atoms with E-state index in [2.05, 4.69) is 10.2 Å². The van der Waals surface area contributed by atoms with Crippen LogP contribution in [0.15, 0.2) is 24.3 Å². The number of thiophene rings is 1. The molecular weight excluding hydrogens is 418 g/mol. The fourth-order valence-corrected chi connectivity index (χ4v) is 6.13. The molecule has 3 heterocycles. The first-order valence-corrected chi connectivity index (χ1v) is 12.7. The Kier molecular flexibility index (Phi) is 5.01. The summed E-state index contributed by atoms with van der Waals surface area (Å²) < 4.78 is 0. The van der Waals surface area contributed by atoms with E-state index < -0.39 is 0 Å². The van der Waals surface area contributed by atoms with Crippen LogP contribution >= 0.6 is 11.3 Å². The minimum absolute atomic E-state index is 0.0204. The average molecular weight is 448 g/mol. The lowest BCUT2D eigenvalue weighted by atomic mass is 9.97. The molecular formula is C25H29N5OS. The normalized spacial score (nSPS) is 18.7. The molecule has 2 fully saturated rings. The number of fused-ring (bicyclic) bond motifs is 3. The summed E-state index contributed by atoms with van der Waals surface area (Å²) in [5.74, 6) is 2.69. The number of nitrogens with zero attached hydrogens (tertiary/aromatic N) is 4. The molecule has 1 saturated carbocycles. The molecule has 3 aromatic rings. The molecule has 6 rings (SSSR count). The predicted molar refractivity (Wildman–Crippen MR) is 130 cm³/mol. The molecule has 166 valence electrons. The quantitative estimate of drug-likeness (QED) is 0.606. The number of aromatic nitrogens is 2. The van der Waals surface area contributed by atoms with E-state index >= 15 is 0 Å². The third kappa shape index (κ3) is 3.72. The number of nitrogens with one attached hydrogen (secondary N) is 1. The first kappa shape index (κ1) is 20.0. The summed E-state index contributed by atoms with van der Waals surface area (Å²) in [5, 5.41) is 4.33. The van der Waals surface area contributed by atoms with E-state index in [9.17, 15) is 4.79 Å². The van der Waals surface area contributed by atoms with Crippen molar-refractivity contribution < 1.29 is 4.79 Å². The Labute approximate surface area is 192 Å². The van der Waals surface area contributed by atoms with Crippen LogP contribution in [-0.2, 0) is 12.8 Å². The van der Waals surface area contributed by atoms with Gasteiger partial charge in [-0.05, 0) is 63.1 Å². The Balaban J connectivity index is 1.23. The number of amides is 2. The van der Waals surface area contributed by atoms with Gasteiger partial charge < -0.3 is 15.1 Å². The van der Waals surface area contributed by atoms with Gasteiger partial charge in [0.1, 0.15) is 16.5 Å². The van der Waals surface area contributed by atoms with Crippen LogP contribution in [0, 0.1) is 6.92 Å². The van der Waals surface area contributed by atoms with E-state index in [-0.39, 0.29) is 6.03 Å². The van der Waals surface area contributed by atoms with Crippen LogP contribution in [0.2, 0.25) is 0 Å². The first-order valence-electron chi connectivity index (χ1n) is 11.9. The minimum atomic E-state index is -0.0204. The van der Waals surface area contributed by atoms with E-state index in [1.165, 1.54) is 58.3 Å². The van der Waals surface area contributed by atoms with E-state index in [4.69, 9.17) is 9.97 Å². The van der Waals surface area contributed by atoms with Gasteiger partial charge in [0.25, 0.3) is 0 Å². The summed E-state index contributed by atoms with van der Waals surface area (Å²) >= 11 is 1.89. The Morgan fingerprint density at radius 2 is 1.78 bits per heavy atom. The minimum Gasteiger partial charge on any atom is -0.352 e. The average Bonchev–Trinajstić information content (AvgIpc) is 3.60. The second-order valence-electron chi connectivity index (χ2n) is 9.34. The standard InChI is InChI=1S/C25H29N5OS/c1-16-6-10-18(11-7-16)26-25(31)30-14-12-29(13-15-30)23-21-19-4-2-3-5-20(19)32-24(21)28-22(27-23)17-8-9-17/h6-7,10-11,17H,2-5,8-9,12-15H2,1H3,(H,26,31). The molecule has 7 heteroatoms. The Hall–Kier alpha value is -2.67. The van der Waals surface area contributed by atoms with E-state index in [1.54, 1.807) is 0 Å². The van der Waals surface area contributed by atoms with Crippen molar-refractivity contribution in [3.63, 3.8) is 0 Å². The Morgan fingerprint density at radius 3 is 2.53 bits per heavy atom. The molecule has 0 bridgehead atoms. The zero-order chi connectivity index (χ0) is 21.7. The molecule has 0 unspecified atom stereocenters. The number of anilines is 2. The molecule has 6 nitrogen and oxygen atoms in total. The van der Waals surface area contributed by atoms with E-state index in [0.717, 1.165) is 36.8 Å². The number of piperazine rings is 1. The third-order valence-electron chi connectivity index (χ3n) is 6.92. The molecule has 32 heavy (non-hydrogen) atoms. The fourth-order valence-electron chi connectivity index (χ4n) is 4.87. The topological polar surface area (TPSA) is 61.4 Å². The van der Waals surface area contributed by atoms with Crippen molar-refractivity contribution in [3.8, 4) is 0 Å². The summed E-state index contributed by atoms with van der Waals surface area (Å²) in [4.78, 5) is 29.9. The number of urea groups is 1. The van der Waals surface area contributed by atoms with Crippen molar-refractivity contribution >= 4 is 39.1 Å². The Morgan fingerprint density at radius 1 is 1.03 bits per heavy atom. The van der Waals surface area contributed by atoms with Crippen LogP contribution in [0.25, 0.3) is 10.2 Å². The Bertz CT molecular complexity index is 1160. The maximum atomic E-state index is 12.8. The molecule has 0 spiro atoms. The van der Waals surface area contributed by atoms with Gasteiger partial charge in [0.15, 0.2) is 0 Å². The van der Waals surface area contributed by atoms with Gasteiger partial charge in [0, 0.05) is 42.7 Å². The molecule has 3 aliphatic rings. The number of hydrogen-bond acceptors (Lipinski definition) is 5. The number of aryl methyl sites for hydroxylation is 3. The maximum Gasteiger partial charge on any atom is 0.321 e. The van der Waals surface area contributed by atoms with Crippen molar-refractivity contribution in [1.29, 1.82) is 0 Å². The van der Waals surface area contributed by atoms with Gasteiger partial charge in [-0.2, -0.15) is 0 Å². The number of carbonyl (C=O) groups is 1.